The summed E-state index contributed by atoms with van der Waals surface area (Å²) in [6.07, 6.45) is 1.59. The highest BCUT2D eigenvalue weighted by atomic mass is 16.5. The predicted octanol–water partition coefficient (Wildman–Crippen LogP) is 2.04. The lowest BCUT2D eigenvalue weighted by Crippen LogP contribution is -2.13. The van der Waals surface area contributed by atoms with Crippen molar-refractivity contribution in [3.8, 4) is 0 Å². The molecule has 1 rings (SSSR count). The molecule has 84 valence electrons. The summed E-state index contributed by atoms with van der Waals surface area (Å²) in [6, 6.07) is 9.54. The van der Waals surface area contributed by atoms with Gasteiger partial charge in [-0.1, -0.05) is 30.3 Å². The summed E-state index contributed by atoms with van der Waals surface area (Å²) in [5.41, 5.74) is 1.18. The zero-order chi connectivity index (χ0) is 11.8. The Kier molecular flexibility index (Phi) is 4.92. The van der Waals surface area contributed by atoms with Crippen LogP contribution in [0.1, 0.15) is 19.4 Å². The molecule has 0 heterocycles. The van der Waals surface area contributed by atoms with Crippen molar-refractivity contribution < 1.29 is 9.53 Å². The summed E-state index contributed by atoms with van der Waals surface area (Å²) in [6.45, 7) is 3.66. The highest BCUT2D eigenvalue weighted by molar-refractivity contribution is 6.35. The van der Waals surface area contributed by atoms with Crippen LogP contribution in [0.15, 0.2) is 40.5 Å². The van der Waals surface area contributed by atoms with Crippen molar-refractivity contribution in [1.82, 2.24) is 0 Å². The van der Waals surface area contributed by atoms with Crippen molar-refractivity contribution >= 4 is 17.9 Å². The maximum absolute atomic E-state index is 11.2. The predicted molar refractivity (Wildman–Crippen MR) is 63.8 cm³/mol. The second-order valence-corrected chi connectivity index (χ2v) is 3.06. The van der Waals surface area contributed by atoms with E-state index >= 15 is 0 Å². The minimum atomic E-state index is -0.437. The quantitative estimate of drug-likeness (QED) is 0.441. The van der Waals surface area contributed by atoms with Gasteiger partial charge in [-0.2, -0.15) is 5.10 Å². The van der Waals surface area contributed by atoms with E-state index in [0.29, 0.717) is 6.61 Å². The molecule has 0 fully saturated rings. The zero-order valence-electron chi connectivity index (χ0n) is 9.38. The molecule has 4 nitrogen and oxygen atoms in total. The van der Waals surface area contributed by atoms with Crippen molar-refractivity contribution in [2.45, 2.75) is 13.8 Å². The van der Waals surface area contributed by atoms with Crippen LogP contribution in [0.3, 0.4) is 0 Å². The summed E-state index contributed by atoms with van der Waals surface area (Å²) in [5, 5.41) is 7.56. The molecular formula is C12H14N2O2. The summed E-state index contributed by atoms with van der Waals surface area (Å²) < 4.78 is 4.76. The molecule has 0 unspecified atom stereocenters. The Balaban J connectivity index is 2.59. The Bertz CT molecular complexity index is 397. The molecule has 0 aliphatic heterocycles. The Labute approximate surface area is 94.7 Å². The maximum atomic E-state index is 11.2. The number of carbonyl (C=O) groups is 1. The molecule has 0 bridgehead atoms. The number of benzene rings is 1. The molecule has 0 aliphatic carbocycles. The molecule has 0 N–H and O–H groups in total. The summed E-state index contributed by atoms with van der Waals surface area (Å²) in [4.78, 5) is 11.2. The first-order valence-corrected chi connectivity index (χ1v) is 5.04. The highest BCUT2D eigenvalue weighted by Gasteiger charge is 2.04. The second kappa shape index (κ2) is 6.50. The average molecular weight is 218 g/mol. The van der Waals surface area contributed by atoms with Crippen molar-refractivity contribution in [1.29, 1.82) is 0 Å². The minimum absolute atomic E-state index is 0.244. The highest BCUT2D eigenvalue weighted by Crippen LogP contribution is 1.94. The van der Waals surface area contributed by atoms with Gasteiger partial charge in [0.2, 0.25) is 0 Å². The van der Waals surface area contributed by atoms with E-state index in [0.717, 1.165) is 5.56 Å². The topological polar surface area (TPSA) is 51.0 Å². The average Bonchev–Trinajstić information content (AvgIpc) is 2.30. The van der Waals surface area contributed by atoms with Gasteiger partial charge in [0.25, 0.3) is 0 Å². The van der Waals surface area contributed by atoms with Gasteiger partial charge < -0.3 is 4.74 Å². The molecule has 0 saturated carbocycles. The Hall–Kier alpha value is -1.97. The van der Waals surface area contributed by atoms with Crippen LogP contribution in [-0.4, -0.2) is 24.5 Å². The van der Waals surface area contributed by atoms with Crippen LogP contribution >= 0.6 is 0 Å². The molecule has 0 atom stereocenters. The third-order valence-electron chi connectivity index (χ3n) is 1.78. The smallest absolute Gasteiger partial charge is 0.354 e. The van der Waals surface area contributed by atoms with Crippen molar-refractivity contribution in [3.05, 3.63) is 35.9 Å². The number of carbonyl (C=O) groups excluding carboxylic acids is 1. The molecule has 4 heteroatoms. The van der Waals surface area contributed by atoms with E-state index in [4.69, 9.17) is 4.74 Å². The molecule has 0 amide bonds. The van der Waals surface area contributed by atoms with Gasteiger partial charge in [-0.25, -0.2) is 4.79 Å². The molecule has 0 aromatic heterocycles. The number of rotatable bonds is 4. The molecule has 16 heavy (non-hydrogen) atoms. The normalized spacial score (nSPS) is 11.8. The first-order chi connectivity index (χ1) is 7.74. The van der Waals surface area contributed by atoms with Crippen LogP contribution in [0.5, 0.6) is 0 Å². The van der Waals surface area contributed by atoms with Crippen LogP contribution < -0.4 is 0 Å². The Morgan fingerprint density at radius 3 is 2.69 bits per heavy atom. The van der Waals surface area contributed by atoms with Crippen molar-refractivity contribution in [3.63, 3.8) is 0 Å². The molecule has 0 saturated heterocycles. The third-order valence-corrected chi connectivity index (χ3v) is 1.78. The standard InChI is InChI=1S/C12H14N2O2/c1-3-16-12(15)10(2)14-13-9-11-7-5-4-6-8-11/h4-9H,3H2,1-2H3/b13-9+,14-10+. The van der Waals surface area contributed by atoms with E-state index < -0.39 is 5.97 Å². The molecule has 1 aromatic rings. The number of esters is 1. The van der Waals surface area contributed by atoms with E-state index in [-0.39, 0.29) is 5.71 Å². The maximum Gasteiger partial charge on any atom is 0.354 e. The molecule has 1 aromatic carbocycles. The molecule has 0 aliphatic rings. The molecular weight excluding hydrogens is 204 g/mol. The number of hydrogen-bond acceptors (Lipinski definition) is 4. The van der Waals surface area contributed by atoms with Gasteiger partial charge in [0, 0.05) is 0 Å². The molecule has 0 radical (unpaired) electrons. The number of nitrogens with zero attached hydrogens (tertiary/aromatic N) is 2. The second-order valence-electron chi connectivity index (χ2n) is 3.06. The van der Waals surface area contributed by atoms with Gasteiger partial charge >= 0.3 is 5.97 Å². The first-order valence-electron chi connectivity index (χ1n) is 5.04. The van der Waals surface area contributed by atoms with Crippen molar-refractivity contribution in [2.24, 2.45) is 10.2 Å². The number of ether oxygens (including phenoxy) is 1. The van der Waals surface area contributed by atoms with E-state index in [1.807, 2.05) is 30.3 Å². The van der Waals surface area contributed by atoms with E-state index in [1.54, 1.807) is 20.1 Å². The van der Waals surface area contributed by atoms with E-state index in [1.165, 1.54) is 0 Å². The van der Waals surface area contributed by atoms with Crippen LogP contribution in [0.4, 0.5) is 0 Å². The summed E-state index contributed by atoms with van der Waals surface area (Å²) >= 11 is 0. The lowest BCUT2D eigenvalue weighted by molar-refractivity contribution is -0.135. The Morgan fingerprint density at radius 1 is 1.38 bits per heavy atom. The van der Waals surface area contributed by atoms with Crippen molar-refractivity contribution in [2.75, 3.05) is 6.61 Å². The zero-order valence-corrected chi connectivity index (χ0v) is 9.38. The van der Waals surface area contributed by atoms with E-state index in [9.17, 15) is 4.79 Å². The van der Waals surface area contributed by atoms with Gasteiger partial charge in [-0.15, -0.1) is 5.10 Å². The fourth-order valence-electron chi connectivity index (χ4n) is 0.998. The van der Waals surface area contributed by atoms with Gasteiger partial charge in [-0.3, -0.25) is 0 Å². The third kappa shape index (κ3) is 4.04. The monoisotopic (exact) mass is 218 g/mol. The Morgan fingerprint density at radius 2 is 2.06 bits per heavy atom. The fraction of sp³-hybridized carbons (Fsp3) is 0.250. The largest absolute Gasteiger partial charge is 0.461 e. The van der Waals surface area contributed by atoms with E-state index in [2.05, 4.69) is 10.2 Å². The van der Waals surface area contributed by atoms with Crippen LogP contribution in [-0.2, 0) is 9.53 Å². The summed E-state index contributed by atoms with van der Waals surface area (Å²) in [7, 11) is 0. The van der Waals surface area contributed by atoms with Gasteiger partial charge in [-0.05, 0) is 19.4 Å². The lowest BCUT2D eigenvalue weighted by atomic mass is 10.2. The first kappa shape index (κ1) is 12.1. The van der Waals surface area contributed by atoms with Crippen LogP contribution in [0, 0.1) is 0 Å². The van der Waals surface area contributed by atoms with Gasteiger partial charge in [0.15, 0.2) is 0 Å². The van der Waals surface area contributed by atoms with Gasteiger partial charge in [0.05, 0.1) is 12.8 Å². The molecule has 0 spiro atoms. The lowest BCUT2D eigenvalue weighted by Gasteiger charge is -1.97. The van der Waals surface area contributed by atoms with Crippen LogP contribution in [0.25, 0.3) is 0 Å². The fourth-order valence-corrected chi connectivity index (χ4v) is 0.998. The van der Waals surface area contributed by atoms with Crippen LogP contribution in [0.2, 0.25) is 0 Å². The van der Waals surface area contributed by atoms with Gasteiger partial charge in [0.1, 0.15) is 5.71 Å². The number of hydrogen-bond donors (Lipinski definition) is 0. The summed E-state index contributed by atoms with van der Waals surface area (Å²) in [5.74, 6) is -0.437. The SMILES string of the molecule is CCOC(=O)/C(C)=N/N=C/c1ccccc1. The minimum Gasteiger partial charge on any atom is -0.461 e.